The Bertz CT molecular complexity index is 31.4. The summed E-state index contributed by atoms with van der Waals surface area (Å²) >= 11 is 0. The molecule has 8 heavy (non-hydrogen) atoms. The van der Waals surface area contributed by atoms with Gasteiger partial charge in [0.15, 0.2) is 0 Å². The van der Waals surface area contributed by atoms with Crippen molar-refractivity contribution < 1.29 is 25.3 Å². The normalized spacial score (nSPS) is 3.00. The number of rotatable bonds is 0. The third-order valence-corrected chi connectivity index (χ3v) is 0. The topological polar surface area (TPSA) is 110 Å². The van der Waals surface area contributed by atoms with Crippen molar-refractivity contribution >= 4 is 30.3 Å². The van der Waals surface area contributed by atoms with Crippen molar-refractivity contribution in [2.45, 2.75) is 0 Å². The quantitative estimate of drug-likeness (QED) is 0.249. The molecule has 0 bridgehead atoms. The predicted octanol–water partition coefficient (Wildman–Crippen LogP) is -3.83. The molecule has 0 saturated heterocycles. The summed E-state index contributed by atoms with van der Waals surface area (Å²) in [4.78, 5) is 16.5. The molecule has 44 valence electrons. The van der Waals surface area contributed by atoms with Crippen molar-refractivity contribution in [1.29, 1.82) is 0 Å². The Kier molecular flexibility index (Phi) is 302. The first-order valence-electron chi connectivity index (χ1n) is 0.943. The fourth-order valence-electron chi connectivity index (χ4n) is 0. The van der Waals surface area contributed by atoms with E-state index in [2.05, 4.69) is 0 Å². The molecule has 0 saturated carbocycles. The van der Waals surface area contributed by atoms with Gasteiger partial charge in [-0.25, -0.2) is 0 Å². The van der Waals surface area contributed by atoms with Crippen molar-refractivity contribution in [2.75, 3.05) is 0 Å². The molecule has 1 N–H and O–H groups in total. The maximum Gasteiger partial charge on any atom is 3.00 e. The van der Waals surface area contributed by atoms with Crippen molar-refractivity contribution in [3.63, 3.8) is 0 Å². The Balaban J connectivity index is -0.0000000160. The first-order valence-corrected chi connectivity index (χ1v) is 0.943. The fourth-order valence-corrected chi connectivity index (χ4v) is 0. The molecule has 0 unspecified atom stereocenters. The second kappa shape index (κ2) is 92.5. The third kappa shape index (κ3) is 331. The van der Waals surface area contributed by atoms with E-state index in [1.165, 1.54) is 0 Å². The predicted molar refractivity (Wildman–Crippen MR) is 19.8 cm³/mol. The average molecular weight is 134 g/mol. The van der Waals surface area contributed by atoms with Crippen LogP contribution in [0.3, 0.4) is 0 Å². The van der Waals surface area contributed by atoms with Crippen LogP contribution in [0.1, 0.15) is 0 Å². The summed E-state index contributed by atoms with van der Waals surface area (Å²) in [6.07, 6.45) is 0. The van der Waals surface area contributed by atoms with Gasteiger partial charge in [0.1, 0.15) is 0 Å². The summed E-state index contributed by atoms with van der Waals surface area (Å²) in [5.41, 5.74) is 0. The summed E-state index contributed by atoms with van der Waals surface area (Å²) in [5, 5.41) is 16.5. The summed E-state index contributed by atoms with van der Waals surface area (Å²) in [7, 11) is 0. The summed E-state index contributed by atoms with van der Waals surface area (Å²) in [6, 6.07) is 0. The molecular weight excluding hydrogens is 131 g/mol. The van der Waals surface area contributed by atoms with Crippen molar-refractivity contribution in [3.05, 3.63) is 0 Å². The largest absolute Gasteiger partial charge is 3.00 e. The zero-order valence-corrected chi connectivity index (χ0v) is 4.97. The molecule has 0 fully saturated rings. The summed E-state index contributed by atoms with van der Waals surface area (Å²) in [6.45, 7) is -1.00. The Morgan fingerprint density at radius 2 is 1.00 bits per heavy atom. The van der Waals surface area contributed by atoms with E-state index in [0.29, 0.717) is 0 Å². The monoisotopic (exact) mass is 134 g/mol. The van der Waals surface area contributed by atoms with E-state index in [4.69, 9.17) is 19.8 Å². The van der Waals surface area contributed by atoms with Gasteiger partial charge in [0, 0.05) is 12.9 Å². The van der Waals surface area contributed by atoms with E-state index < -0.39 is 12.9 Å². The summed E-state index contributed by atoms with van der Waals surface area (Å²) in [5.74, 6) is 0. The molecule has 0 atom stereocenters. The first kappa shape index (κ1) is 26.1. The third-order valence-electron chi connectivity index (χ3n) is 0. The minimum absolute atomic E-state index is 0. The van der Waals surface area contributed by atoms with Crippen LogP contribution in [0, 0.1) is 0 Å². The van der Waals surface area contributed by atoms with Gasteiger partial charge >= 0.3 is 17.4 Å². The number of hydrogen-bond acceptors (Lipinski definition) is 5. The van der Waals surface area contributed by atoms with Gasteiger partial charge in [0.2, 0.25) is 0 Å². The van der Waals surface area contributed by atoms with Crippen LogP contribution in [0.15, 0.2) is 0 Å². The zero-order valence-electron chi connectivity index (χ0n) is 3.81. The Morgan fingerprint density at radius 1 is 1.00 bits per heavy atom. The van der Waals surface area contributed by atoms with E-state index in [1.54, 1.807) is 0 Å². The van der Waals surface area contributed by atoms with Crippen molar-refractivity contribution in [1.82, 2.24) is 0 Å². The zero-order chi connectivity index (χ0) is 5.41. The van der Waals surface area contributed by atoms with Gasteiger partial charge < -0.3 is 25.3 Å². The van der Waals surface area contributed by atoms with Crippen LogP contribution in [0.4, 0.5) is 0 Å². The molecule has 0 aromatic carbocycles. The molecule has 0 aliphatic carbocycles. The van der Waals surface area contributed by atoms with Crippen LogP contribution in [0.2, 0.25) is 0 Å². The number of hydrogen-bond donors (Lipinski definition) is 0. The molecule has 0 rings (SSSR count). The molecule has 0 aromatic rings. The van der Waals surface area contributed by atoms with E-state index >= 15 is 0 Å². The molecule has 0 radical (unpaired) electrons. The minimum Gasteiger partial charge on any atom is -0.870 e. The number of carbonyl (C=O) groups excluding carboxylic acids is 2. The SMILES string of the molecule is O=C[O-].O=C[O-].[Al+3].[OH-]. The molecule has 0 spiro atoms. The molecule has 0 aliphatic heterocycles. The molecule has 0 amide bonds. The van der Waals surface area contributed by atoms with E-state index in [0.717, 1.165) is 0 Å². The Labute approximate surface area is 56.4 Å². The molecule has 6 heteroatoms. The maximum absolute atomic E-state index is 8.25. The van der Waals surface area contributed by atoms with Crippen LogP contribution in [-0.4, -0.2) is 35.8 Å². The minimum atomic E-state index is -0.500. The van der Waals surface area contributed by atoms with Gasteiger partial charge in [0.05, 0.1) is 0 Å². The summed E-state index contributed by atoms with van der Waals surface area (Å²) < 4.78 is 0. The van der Waals surface area contributed by atoms with Crippen LogP contribution in [0.25, 0.3) is 0 Å². The second-order valence-electron chi connectivity index (χ2n) is 0.192. The first-order chi connectivity index (χ1) is 2.83. The van der Waals surface area contributed by atoms with Crippen LogP contribution in [0.5, 0.6) is 0 Å². The van der Waals surface area contributed by atoms with Crippen LogP contribution >= 0.6 is 0 Å². The van der Waals surface area contributed by atoms with Gasteiger partial charge in [-0.15, -0.1) is 0 Å². The van der Waals surface area contributed by atoms with Gasteiger partial charge in [0.25, 0.3) is 0 Å². The van der Waals surface area contributed by atoms with Crippen LogP contribution < -0.4 is 10.2 Å². The average Bonchev–Trinajstić information content (AvgIpc) is 1.39. The Hall–Kier alpha value is -0.568. The molecule has 5 nitrogen and oxygen atoms in total. The molecular formula is C2H3AlO5. The number of carboxylic acid groups (broad SMARTS) is 2. The second-order valence-corrected chi connectivity index (χ2v) is 0.192. The van der Waals surface area contributed by atoms with E-state index in [-0.39, 0.29) is 22.8 Å². The number of carbonyl (C=O) groups is 2. The van der Waals surface area contributed by atoms with Gasteiger partial charge in [-0.2, -0.15) is 0 Å². The smallest absolute Gasteiger partial charge is 0.870 e. The maximum atomic E-state index is 8.25. The van der Waals surface area contributed by atoms with E-state index in [9.17, 15) is 0 Å². The standard InChI is InChI=1S/2CH2O2.Al.H2O/c2*2-1-3;;/h2*1H,(H,2,3);;1H2/q;;+3;/p-3. The molecule has 0 heterocycles. The fraction of sp³-hybridized carbons (Fsp3) is 0. The van der Waals surface area contributed by atoms with Gasteiger partial charge in [-0.1, -0.05) is 0 Å². The van der Waals surface area contributed by atoms with Gasteiger partial charge in [-0.05, 0) is 0 Å². The van der Waals surface area contributed by atoms with E-state index in [1.807, 2.05) is 0 Å². The van der Waals surface area contributed by atoms with Gasteiger partial charge in [-0.3, -0.25) is 0 Å². The molecule has 0 aliphatic rings. The van der Waals surface area contributed by atoms with Crippen LogP contribution in [-0.2, 0) is 9.59 Å². The Morgan fingerprint density at radius 3 is 1.00 bits per heavy atom. The van der Waals surface area contributed by atoms with Crippen molar-refractivity contribution in [3.8, 4) is 0 Å². The van der Waals surface area contributed by atoms with Crippen molar-refractivity contribution in [2.24, 2.45) is 0 Å². The molecule has 0 aromatic heterocycles.